The van der Waals surface area contributed by atoms with Crippen LogP contribution in [0.5, 0.6) is 11.5 Å². The maximum atomic E-state index is 11.9. The lowest BCUT2D eigenvalue weighted by Crippen LogP contribution is -2.17. The Bertz CT molecular complexity index is 803. The Kier molecular flexibility index (Phi) is 7.67. The van der Waals surface area contributed by atoms with Crippen LogP contribution < -0.4 is 14.8 Å². The van der Waals surface area contributed by atoms with Gasteiger partial charge in [-0.15, -0.1) is 0 Å². The summed E-state index contributed by atoms with van der Waals surface area (Å²) >= 11 is 0. The second kappa shape index (κ2) is 10.2. The highest BCUT2D eigenvalue weighted by atomic mass is 16.6. The van der Waals surface area contributed by atoms with E-state index in [0.717, 1.165) is 16.8 Å². The van der Waals surface area contributed by atoms with Gasteiger partial charge in [-0.05, 0) is 69.2 Å². The van der Waals surface area contributed by atoms with E-state index < -0.39 is 0 Å². The van der Waals surface area contributed by atoms with Crippen LogP contribution in [0.25, 0.3) is 0 Å². The lowest BCUT2D eigenvalue weighted by molar-refractivity contribution is -0.120. The van der Waals surface area contributed by atoms with Gasteiger partial charge in [-0.2, -0.15) is 0 Å². The van der Waals surface area contributed by atoms with Crippen molar-refractivity contribution in [2.75, 3.05) is 25.1 Å². The van der Waals surface area contributed by atoms with E-state index >= 15 is 0 Å². The first-order valence-corrected chi connectivity index (χ1v) is 8.95. The average Bonchev–Trinajstić information content (AvgIpc) is 2.64. The van der Waals surface area contributed by atoms with E-state index in [0.29, 0.717) is 24.7 Å². The number of aryl methyl sites for hydroxylation is 2. The summed E-state index contributed by atoms with van der Waals surface area (Å²) in [6.45, 7) is 8.78. The second-order valence-corrected chi connectivity index (χ2v) is 5.93. The molecule has 0 heterocycles. The van der Waals surface area contributed by atoms with Crippen LogP contribution in [0.3, 0.4) is 0 Å². The molecule has 144 valence electrons. The van der Waals surface area contributed by atoms with Gasteiger partial charge in [0.25, 0.3) is 5.91 Å². The summed E-state index contributed by atoms with van der Waals surface area (Å²) in [5, 5.41) is 6.63. The molecule has 0 atom stereocenters. The van der Waals surface area contributed by atoms with Crippen LogP contribution in [0, 0.1) is 13.8 Å². The van der Waals surface area contributed by atoms with Gasteiger partial charge < -0.3 is 19.6 Å². The maximum absolute atomic E-state index is 11.9. The summed E-state index contributed by atoms with van der Waals surface area (Å²) in [6, 6.07) is 11.2. The normalized spacial score (nSPS) is 10.7. The van der Waals surface area contributed by atoms with Crippen LogP contribution in [0.1, 0.15) is 30.5 Å². The fourth-order valence-corrected chi connectivity index (χ4v) is 2.36. The fourth-order valence-electron chi connectivity index (χ4n) is 2.36. The first-order chi connectivity index (χ1) is 13.0. The van der Waals surface area contributed by atoms with Crippen molar-refractivity contribution in [3.8, 4) is 11.5 Å². The molecule has 0 aliphatic carbocycles. The topological polar surface area (TPSA) is 69.2 Å². The molecule has 0 unspecified atom stereocenters. The first-order valence-electron chi connectivity index (χ1n) is 8.95. The molecular formula is C21H26N2O4. The zero-order chi connectivity index (χ0) is 19.6. The van der Waals surface area contributed by atoms with Crippen molar-refractivity contribution in [3.63, 3.8) is 0 Å². The molecule has 6 heteroatoms. The van der Waals surface area contributed by atoms with Crippen molar-refractivity contribution in [2.45, 2.75) is 27.7 Å². The van der Waals surface area contributed by atoms with E-state index in [-0.39, 0.29) is 12.5 Å². The Morgan fingerprint density at radius 3 is 2.44 bits per heavy atom. The van der Waals surface area contributed by atoms with Gasteiger partial charge in [-0.25, -0.2) is 0 Å². The van der Waals surface area contributed by atoms with E-state index in [2.05, 4.69) is 10.5 Å². The Morgan fingerprint density at radius 2 is 1.74 bits per heavy atom. The number of nitrogens with zero attached hydrogens (tertiary/aromatic N) is 1. The summed E-state index contributed by atoms with van der Waals surface area (Å²) in [4.78, 5) is 17.0. The van der Waals surface area contributed by atoms with Crippen LogP contribution in [0.15, 0.2) is 41.6 Å². The zero-order valence-electron chi connectivity index (χ0n) is 16.2. The second-order valence-electron chi connectivity index (χ2n) is 5.93. The number of ether oxygens (including phenoxy) is 2. The molecule has 0 saturated heterocycles. The lowest BCUT2D eigenvalue weighted by atomic mass is 10.1. The van der Waals surface area contributed by atoms with Crippen LogP contribution in [-0.4, -0.2) is 31.9 Å². The van der Waals surface area contributed by atoms with E-state index in [1.54, 1.807) is 0 Å². The zero-order valence-corrected chi connectivity index (χ0v) is 16.2. The molecule has 2 aromatic rings. The van der Waals surface area contributed by atoms with E-state index in [4.69, 9.17) is 14.3 Å². The van der Waals surface area contributed by atoms with Crippen molar-refractivity contribution < 1.29 is 19.1 Å². The summed E-state index contributed by atoms with van der Waals surface area (Å²) in [5.41, 5.74) is 3.82. The average molecular weight is 370 g/mol. The van der Waals surface area contributed by atoms with Gasteiger partial charge in [-0.1, -0.05) is 11.2 Å². The molecule has 1 amide bonds. The standard InChI is InChI=1S/C21H26N2O4/c1-5-25-19-10-8-17(12-20(19)26-6-2)13-22-27-14-21(24)23-18-9-7-15(3)16(4)11-18/h7-13H,5-6,14H2,1-4H3,(H,23,24). The van der Waals surface area contributed by atoms with E-state index in [1.807, 2.05) is 64.1 Å². The molecule has 2 rings (SSSR count). The highest BCUT2D eigenvalue weighted by Crippen LogP contribution is 2.28. The number of rotatable bonds is 9. The van der Waals surface area contributed by atoms with Crippen LogP contribution in [0.2, 0.25) is 0 Å². The van der Waals surface area contributed by atoms with Crippen molar-refractivity contribution in [1.82, 2.24) is 0 Å². The third-order valence-electron chi connectivity index (χ3n) is 3.83. The Labute approximate surface area is 160 Å². The summed E-state index contributed by atoms with van der Waals surface area (Å²) < 4.78 is 11.1. The number of hydrogen-bond donors (Lipinski definition) is 1. The Hall–Kier alpha value is -3.02. The smallest absolute Gasteiger partial charge is 0.265 e. The quantitative estimate of drug-likeness (QED) is 0.533. The van der Waals surface area contributed by atoms with Crippen molar-refractivity contribution in [3.05, 3.63) is 53.1 Å². The van der Waals surface area contributed by atoms with Gasteiger partial charge in [0.15, 0.2) is 18.1 Å². The molecular weight excluding hydrogens is 344 g/mol. The van der Waals surface area contributed by atoms with Crippen LogP contribution in [-0.2, 0) is 9.63 Å². The number of carbonyl (C=O) groups is 1. The van der Waals surface area contributed by atoms with Gasteiger partial charge in [0.05, 0.1) is 19.4 Å². The molecule has 0 aliphatic heterocycles. The minimum absolute atomic E-state index is 0.168. The molecule has 0 fully saturated rings. The fraction of sp³-hybridized carbons (Fsp3) is 0.333. The molecule has 1 N–H and O–H groups in total. The number of anilines is 1. The Balaban J connectivity index is 1.88. The largest absolute Gasteiger partial charge is 0.490 e. The lowest BCUT2D eigenvalue weighted by Gasteiger charge is -2.11. The number of carbonyl (C=O) groups excluding carboxylic acids is 1. The molecule has 0 aliphatic rings. The third kappa shape index (κ3) is 6.33. The number of hydrogen-bond acceptors (Lipinski definition) is 5. The molecule has 0 aromatic heterocycles. The van der Waals surface area contributed by atoms with Gasteiger partial charge in [-0.3, -0.25) is 4.79 Å². The summed E-state index contributed by atoms with van der Waals surface area (Å²) in [6.07, 6.45) is 1.53. The van der Waals surface area contributed by atoms with Gasteiger partial charge in [0.2, 0.25) is 0 Å². The Morgan fingerprint density at radius 1 is 1.00 bits per heavy atom. The molecule has 0 saturated carbocycles. The van der Waals surface area contributed by atoms with Crippen LogP contribution >= 0.6 is 0 Å². The number of amides is 1. The third-order valence-corrected chi connectivity index (χ3v) is 3.83. The van der Waals surface area contributed by atoms with E-state index in [1.165, 1.54) is 11.8 Å². The number of oxime groups is 1. The maximum Gasteiger partial charge on any atom is 0.265 e. The van der Waals surface area contributed by atoms with Gasteiger partial charge >= 0.3 is 0 Å². The van der Waals surface area contributed by atoms with Crippen molar-refractivity contribution in [1.29, 1.82) is 0 Å². The number of nitrogens with one attached hydrogen (secondary N) is 1. The molecule has 0 bridgehead atoms. The van der Waals surface area contributed by atoms with E-state index in [9.17, 15) is 4.79 Å². The minimum atomic E-state index is -0.267. The van der Waals surface area contributed by atoms with Gasteiger partial charge in [0.1, 0.15) is 0 Å². The molecule has 0 spiro atoms. The monoisotopic (exact) mass is 370 g/mol. The van der Waals surface area contributed by atoms with Crippen molar-refractivity contribution in [2.24, 2.45) is 5.16 Å². The first kappa shape index (κ1) is 20.3. The van der Waals surface area contributed by atoms with Crippen LogP contribution in [0.4, 0.5) is 5.69 Å². The SMILES string of the molecule is CCOc1ccc(C=NOCC(=O)Nc2ccc(C)c(C)c2)cc1OCC. The molecule has 27 heavy (non-hydrogen) atoms. The molecule has 6 nitrogen and oxygen atoms in total. The molecule has 0 radical (unpaired) electrons. The summed E-state index contributed by atoms with van der Waals surface area (Å²) in [5.74, 6) is 1.07. The van der Waals surface area contributed by atoms with Gasteiger partial charge in [0, 0.05) is 11.3 Å². The van der Waals surface area contributed by atoms with Crippen molar-refractivity contribution >= 4 is 17.8 Å². The highest BCUT2D eigenvalue weighted by molar-refractivity contribution is 5.91. The predicted octanol–water partition coefficient (Wildman–Crippen LogP) is 4.09. The molecule has 2 aromatic carbocycles. The minimum Gasteiger partial charge on any atom is -0.490 e. The number of benzene rings is 2. The summed E-state index contributed by atoms with van der Waals surface area (Å²) in [7, 11) is 0. The highest BCUT2D eigenvalue weighted by Gasteiger charge is 2.06. The predicted molar refractivity (Wildman–Crippen MR) is 107 cm³/mol.